The Labute approximate surface area is 74.9 Å². The van der Waals surface area contributed by atoms with Crippen molar-refractivity contribution in [2.24, 2.45) is 11.1 Å². The van der Waals surface area contributed by atoms with E-state index in [0.717, 1.165) is 12.8 Å². The maximum Gasteiger partial charge on any atom is 0.229 e. The van der Waals surface area contributed by atoms with Crippen LogP contribution in [-0.4, -0.2) is 31.4 Å². The lowest BCUT2D eigenvalue weighted by molar-refractivity contribution is -0.139. The molecule has 0 aromatic heterocycles. The molecule has 0 aliphatic carbocycles. The van der Waals surface area contributed by atoms with E-state index >= 15 is 0 Å². The highest BCUT2D eigenvalue weighted by Gasteiger charge is 2.34. The van der Waals surface area contributed by atoms with Crippen molar-refractivity contribution in [3.63, 3.8) is 0 Å². The van der Waals surface area contributed by atoms with Gasteiger partial charge in [-0.05, 0) is 12.8 Å². The van der Waals surface area contributed by atoms with Gasteiger partial charge in [0.25, 0.3) is 0 Å². The highest BCUT2D eigenvalue weighted by Crippen LogP contribution is 2.26. The molecule has 0 aliphatic rings. The van der Waals surface area contributed by atoms with Gasteiger partial charge in [0.05, 0.1) is 5.41 Å². The topological polar surface area (TPSA) is 46.3 Å². The summed E-state index contributed by atoms with van der Waals surface area (Å²) in [7, 11) is 3.55. The first-order valence-corrected chi connectivity index (χ1v) is 4.46. The Hall–Kier alpha value is -0.570. The molecule has 0 fully saturated rings. The van der Waals surface area contributed by atoms with Crippen molar-refractivity contribution in [3.05, 3.63) is 0 Å². The van der Waals surface area contributed by atoms with Crippen LogP contribution in [0.15, 0.2) is 0 Å². The molecule has 0 aromatic rings. The lowest BCUT2D eigenvalue weighted by atomic mass is 9.81. The molecule has 0 bridgehead atoms. The number of nitrogens with zero attached hydrogens (tertiary/aromatic N) is 1. The Kier molecular flexibility index (Phi) is 4.24. The molecule has 0 spiro atoms. The standard InChI is InChI=1S/C9H20N2O/c1-5-9(6-2,7-10)8(12)11(3)4/h5-7,10H2,1-4H3. The third-order valence-electron chi connectivity index (χ3n) is 2.60. The number of hydrogen-bond donors (Lipinski definition) is 1. The molecular weight excluding hydrogens is 152 g/mol. The lowest BCUT2D eigenvalue weighted by Crippen LogP contribution is -2.44. The Morgan fingerprint density at radius 1 is 1.33 bits per heavy atom. The predicted molar refractivity (Wildman–Crippen MR) is 50.8 cm³/mol. The molecule has 12 heavy (non-hydrogen) atoms. The summed E-state index contributed by atoms with van der Waals surface area (Å²) in [6.45, 7) is 4.46. The molecule has 0 heterocycles. The molecule has 0 saturated heterocycles. The van der Waals surface area contributed by atoms with E-state index in [1.165, 1.54) is 0 Å². The normalized spacial score (nSPS) is 11.4. The molecular formula is C9H20N2O. The maximum absolute atomic E-state index is 11.7. The molecule has 0 atom stereocenters. The first-order chi connectivity index (χ1) is 5.54. The van der Waals surface area contributed by atoms with Crippen molar-refractivity contribution in [2.75, 3.05) is 20.6 Å². The van der Waals surface area contributed by atoms with Gasteiger partial charge in [-0.15, -0.1) is 0 Å². The van der Waals surface area contributed by atoms with E-state index in [1.54, 1.807) is 19.0 Å². The fourth-order valence-electron chi connectivity index (χ4n) is 1.40. The third-order valence-corrected chi connectivity index (χ3v) is 2.60. The van der Waals surface area contributed by atoms with Gasteiger partial charge in [-0.25, -0.2) is 0 Å². The van der Waals surface area contributed by atoms with Crippen molar-refractivity contribution >= 4 is 5.91 Å². The Morgan fingerprint density at radius 3 is 1.83 bits per heavy atom. The quantitative estimate of drug-likeness (QED) is 0.683. The van der Waals surface area contributed by atoms with Gasteiger partial charge in [0.2, 0.25) is 5.91 Å². The molecule has 0 saturated carbocycles. The molecule has 72 valence electrons. The van der Waals surface area contributed by atoms with E-state index in [-0.39, 0.29) is 11.3 Å². The van der Waals surface area contributed by atoms with Gasteiger partial charge in [-0.3, -0.25) is 4.79 Å². The Balaban J connectivity index is 4.59. The highest BCUT2D eigenvalue weighted by molar-refractivity contribution is 5.82. The van der Waals surface area contributed by atoms with Crippen molar-refractivity contribution in [1.29, 1.82) is 0 Å². The summed E-state index contributed by atoms with van der Waals surface area (Å²) >= 11 is 0. The zero-order valence-electron chi connectivity index (χ0n) is 8.55. The number of carbonyl (C=O) groups excluding carboxylic acids is 1. The largest absolute Gasteiger partial charge is 0.348 e. The van der Waals surface area contributed by atoms with E-state index in [0.29, 0.717) is 6.54 Å². The average molecular weight is 172 g/mol. The molecule has 0 aliphatic heterocycles. The number of carbonyl (C=O) groups is 1. The van der Waals surface area contributed by atoms with Gasteiger partial charge in [-0.1, -0.05) is 13.8 Å². The Bertz CT molecular complexity index is 142. The van der Waals surface area contributed by atoms with Crippen LogP contribution in [0.5, 0.6) is 0 Å². The molecule has 3 nitrogen and oxygen atoms in total. The first kappa shape index (κ1) is 11.4. The molecule has 0 aromatic carbocycles. The second-order valence-corrected chi connectivity index (χ2v) is 3.39. The second kappa shape index (κ2) is 4.45. The number of hydrogen-bond acceptors (Lipinski definition) is 2. The van der Waals surface area contributed by atoms with Crippen molar-refractivity contribution < 1.29 is 4.79 Å². The number of nitrogens with two attached hydrogens (primary N) is 1. The van der Waals surface area contributed by atoms with Gasteiger partial charge < -0.3 is 10.6 Å². The van der Waals surface area contributed by atoms with E-state index in [4.69, 9.17) is 5.73 Å². The first-order valence-electron chi connectivity index (χ1n) is 4.46. The zero-order chi connectivity index (χ0) is 9.78. The Morgan fingerprint density at radius 2 is 1.75 bits per heavy atom. The van der Waals surface area contributed by atoms with E-state index in [9.17, 15) is 4.79 Å². The van der Waals surface area contributed by atoms with Gasteiger partial charge in [0, 0.05) is 20.6 Å². The monoisotopic (exact) mass is 172 g/mol. The minimum atomic E-state index is -0.330. The summed E-state index contributed by atoms with van der Waals surface area (Å²) in [6, 6.07) is 0. The van der Waals surface area contributed by atoms with Crippen LogP contribution >= 0.6 is 0 Å². The summed E-state index contributed by atoms with van der Waals surface area (Å²) in [5.74, 6) is 0.148. The molecule has 3 heteroatoms. The van der Waals surface area contributed by atoms with Crippen LogP contribution in [0.3, 0.4) is 0 Å². The number of rotatable bonds is 4. The SMILES string of the molecule is CCC(CC)(CN)C(=O)N(C)C. The van der Waals surface area contributed by atoms with Gasteiger partial charge >= 0.3 is 0 Å². The second-order valence-electron chi connectivity index (χ2n) is 3.39. The minimum Gasteiger partial charge on any atom is -0.348 e. The highest BCUT2D eigenvalue weighted by atomic mass is 16.2. The van der Waals surface area contributed by atoms with Crippen LogP contribution in [0.4, 0.5) is 0 Å². The van der Waals surface area contributed by atoms with Gasteiger partial charge in [0.1, 0.15) is 0 Å². The van der Waals surface area contributed by atoms with Crippen molar-refractivity contribution in [2.45, 2.75) is 26.7 Å². The summed E-state index contributed by atoms with van der Waals surface area (Å²) in [6.07, 6.45) is 1.63. The van der Waals surface area contributed by atoms with E-state index < -0.39 is 0 Å². The van der Waals surface area contributed by atoms with Crippen LogP contribution in [0.2, 0.25) is 0 Å². The van der Waals surface area contributed by atoms with Crippen LogP contribution < -0.4 is 5.73 Å². The molecule has 1 amide bonds. The maximum atomic E-state index is 11.7. The molecule has 2 N–H and O–H groups in total. The smallest absolute Gasteiger partial charge is 0.229 e. The van der Waals surface area contributed by atoms with E-state index in [1.807, 2.05) is 13.8 Å². The summed E-state index contributed by atoms with van der Waals surface area (Å²) in [5.41, 5.74) is 5.29. The molecule has 0 radical (unpaired) electrons. The fraction of sp³-hybridized carbons (Fsp3) is 0.889. The molecule has 0 rings (SSSR count). The van der Waals surface area contributed by atoms with Crippen molar-refractivity contribution in [1.82, 2.24) is 4.90 Å². The lowest BCUT2D eigenvalue weighted by Gasteiger charge is -2.31. The van der Waals surface area contributed by atoms with Crippen LogP contribution in [0, 0.1) is 5.41 Å². The summed E-state index contributed by atoms with van der Waals surface area (Å²) < 4.78 is 0. The number of amides is 1. The van der Waals surface area contributed by atoms with Crippen LogP contribution in [0.1, 0.15) is 26.7 Å². The predicted octanol–water partition coefficient (Wildman–Crippen LogP) is 0.840. The van der Waals surface area contributed by atoms with Gasteiger partial charge in [0.15, 0.2) is 0 Å². The zero-order valence-corrected chi connectivity index (χ0v) is 8.55. The third kappa shape index (κ3) is 1.97. The van der Waals surface area contributed by atoms with Crippen molar-refractivity contribution in [3.8, 4) is 0 Å². The van der Waals surface area contributed by atoms with Gasteiger partial charge in [-0.2, -0.15) is 0 Å². The minimum absolute atomic E-state index is 0.148. The summed E-state index contributed by atoms with van der Waals surface area (Å²) in [5, 5.41) is 0. The van der Waals surface area contributed by atoms with E-state index in [2.05, 4.69) is 0 Å². The fourth-order valence-corrected chi connectivity index (χ4v) is 1.40. The van der Waals surface area contributed by atoms with Crippen LogP contribution in [-0.2, 0) is 4.79 Å². The molecule has 0 unspecified atom stereocenters. The van der Waals surface area contributed by atoms with Crippen LogP contribution in [0.25, 0.3) is 0 Å². The summed E-state index contributed by atoms with van der Waals surface area (Å²) in [4.78, 5) is 13.3. The average Bonchev–Trinajstić information content (AvgIpc) is 2.08.